The van der Waals surface area contributed by atoms with Crippen LogP contribution in [-0.2, 0) is 10.8 Å². The van der Waals surface area contributed by atoms with Crippen molar-refractivity contribution in [2.45, 2.75) is 82.1 Å². The van der Waals surface area contributed by atoms with E-state index in [0.717, 1.165) is 37.3 Å². The van der Waals surface area contributed by atoms with Crippen molar-refractivity contribution in [2.24, 2.45) is 0 Å². The average Bonchev–Trinajstić information content (AvgIpc) is 2.70. The third-order valence-corrected chi connectivity index (χ3v) is 7.48. The molecule has 0 aliphatic heterocycles. The molecule has 0 radical (unpaired) electrons. The van der Waals surface area contributed by atoms with Gasteiger partial charge >= 0.3 is 0 Å². The molecular weight excluding hydrogens is 388 g/mol. The lowest BCUT2D eigenvalue weighted by Crippen LogP contribution is -2.11. The van der Waals surface area contributed by atoms with E-state index in [2.05, 4.69) is 53.7 Å². The van der Waals surface area contributed by atoms with E-state index in [1.165, 1.54) is 5.56 Å². The van der Waals surface area contributed by atoms with Crippen molar-refractivity contribution in [1.29, 1.82) is 0 Å². The Morgan fingerprint density at radius 2 is 1.27 bits per heavy atom. The number of hydrogen-bond donors (Lipinski definition) is 1. The van der Waals surface area contributed by atoms with Gasteiger partial charge in [-0.05, 0) is 57.7 Å². The molecule has 3 aromatic rings. The van der Waals surface area contributed by atoms with Crippen LogP contribution in [0.2, 0.25) is 0 Å². The van der Waals surface area contributed by atoms with E-state index >= 15 is 0 Å². The molecule has 0 heterocycles. The Morgan fingerprint density at radius 1 is 0.700 bits per heavy atom. The second-order valence-corrected chi connectivity index (χ2v) is 10.5. The molecule has 0 bridgehead atoms. The molecule has 0 saturated carbocycles. The summed E-state index contributed by atoms with van der Waals surface area (Å²) in [6.45, 7) is 14.8. The number of hydrogen-bond acceptors (Lipinski definition) is 2. The van der Waals surface area contributed by atoms with Crippen molar-refractivity contribution < 1.29 is 9.32 Å². The summed E-state index contributed by atoms with van der Waals surface area (Å²) in [5.74, 6) is 0.920. The molecule has 2 nitrogen and oxygen atoms in total. The number of aliphatic hydroxyl groups excluding tert-OH is 1. The maximum absolute atomic E-state index is 14.3. The molecule has 2 atom stereocenters. The first-order valence-electron chi connectivity index (χ1n) is 10.9. The monoisotopic (exact) mass is 422 g/mol. The van der Waals surface area contributed by atoms with Crippen molar-refractivity contribution in [3.8, 4) is 0 Å². The minimum Gasteiger partial charge on any atom is -0.389 e. The van der Waals surface area contributed by atoms with Gasteiger partial charge in [-0.3, -0.25) is 0 Å². The zero-order valence-electron chi connectivity index (χ0n) is 19.2. The van der Waals surface area contributed by atoms with Crippen LogP contribution in [0.1, 0.15) is 94.6 Å². The number of benzene rings is 3. The molecule has 3 aromatic carbocycles. The first kappa shape index (κ1) is 22.7. The summed E-state index contributed by atoms with van der Waals surface area (Å²) in [5, 5.41) is 12.5. The summed E-state index contributed by atoms with van der Waals surface area (Å²) in [6.07, 6.45) is -0.687. The Kier molecular flexibility index (Phi) is 6.84. The first-order valence-corrected chi connectivity index (χ1v) is 12.1. The highest BCUT2D eigenvalue weighted by atomic mass is 32.2. The Morgan fingerprint density at radius 3 is 1.77 bits per heavy atom. The Labute approximate surface area is 183 Å². The van der Waals surface area contributed by atoms with Crippen LogP contribution in [-0.4, -0.2) is 9.32 Å². The van der Waals surface area contributed by atoms with Gasteiger partial charge in [0.1, 0.15) is 0 Å². The molecule has 0 saturated heterocycles. The maximum atomic E-state index is 14.3. The van der Waals surface area contributed by atoms with E-state index in [1.54, 1.807) is 6.92 Å². The van der Waals surface area contributed by atoms with Gasteiger partial charge in [0.15, 0.2) is 0 Å². The molecule has 160 valence electrons. The van der Waals surface area contributed by atoms with Gasteiger partial charge in [-0.15, -0.1) is 0 Å². The minimum atomic E-state index is -1.40. The normalized spacial score (nSPS) is 14.1. The van der Waals surface area contributed by atoms with Crippen LogP contribution in [0.3, 0.4) is 0 Å². The molecule has 0 amide bonds. The molecule has 0 aliphatic carbocycles. The summed E-state index contributed by atoms with van der Waals surface area (Å²) < 4.78 is 14.3. The summed E-state index contributed by atoms with van der Waals surface area (Å²) in [7, 11) is -1.40. The summed E-state index contributed by atoms with van der Waals surface area (Å²) >= 11 is 0. The zero-order valence-corrected chi connectivity index (χ0v) is 20.0. The van der Waals surface area contributed by atoms with Gasteiger partial charge in [0.25, 0.3) is 0 Å². The topological polar surface area (TPSA) is 37.3 Å². The molecule has 3 heteroatoms. The second kappa shape index (κ2) is 9.03. The van der Waals surface area contributed by atoms with Gasteiger partial charge in [-0.1, -0.05) is 90.1 Å². The minimum absolute atomic E-state index is 0.255. The maximum Gasteiger partial charge on any atom is 0.0865 e. The SMILES string of the molecule is CC(C)c1cc(C(C)C)c(S(=O)c2c([C@H](C)O)ccc3ccccc23)c(C(C)C)c1. The predicted octanol–water partition coefficient (Wildman–Crippen LogP) is 7.43. The quantitative estimate of drug-likeness (QED) is 0.448. The largest absolute Gasteiger partial charge is 0.389 e. The van der Waals surface area contributed by atoms with Gasteiger partial charge < -0.3 is 5.11 Å². The van der Waals surface area contributed by atoms with Crippen LogP contribution in [0.25, 0.3) is 10.8 Å². The van der Waals surface area contributed by atoms with Gasteiger partial charge in [-0.2, -0.15) is 0 Å². The zero-order chi connectivity index (χ0) is 22.2. The van der Waals surface area contributed by atoms with Crippen molar-refractivity contribution in [2.75, 3.05) is 0 Å². The molecule has 1 N–H and O–H groups in total. The Bertz CT molecular complexity index is 1050. The first-order chi connectivity index (χ1) is 14.1. The molecule has 1 unspecified atom stereocenters. The van der Waals surface area contributed by atoms with E-state index in [1.807, 2.05) is 36.4 Å². The van der Waals surface area contributed by atoms with Gasteiger partial charge in [-0.25, -0.2) is 4.21 Å². The lowest BCUT2D eigenvalue weighted by atomic mass is 9.89. The number of rotatable bonds is 6. The van der Waals surface area contributed by atoms with Crippen LogP contribution in [0.15, 0.2) is 58.3 Å². The van der Waals surface area contributed by atoms with Crippen LogP contribution < -0.4 is 0 Å². The average molecular weight is 423 g/mol. The molecule has 0 spiro atoms. The Hall–Kier alpha value is -1.97. The third kappa shape index (κ3) is 4.24. The third-order valence-electron chi connectivity index (χ3n) is 5.81. The van der Waals surface area contributed by atoms with Crippen molar-refractivity contribution in [1.82, 2.24) is 0 Å². The predicted molar refractivity (Wildman–Crippen MR) is 128 cm³/mol. The number of fused-ring (bicyclic) bond motifs is 1. The van der Waals surface area contributed by atoms with E-state index in [4.69, 9.17) is 0 Å². The summed E-state index contributed by atoms with van der Waals surface area (Å²) in [4.78, 5) is 1.66. The standard InChI is InChI=1S/C27H34O2S/c1-16(2)21-14-24(17(3)4)27(25(15-21)18(5)6)30(29)26-22(19(7)28)13-12-20-10-8-9-11-23(20)26/h8-19,28H,1-7H3/t19-,30?/m0/s1. The van der Waals surface area contributed by atoms with Crippen molar-refractivity contribution in [3.63, 3.8) is 0 Å². The summed E-state index contributed by atoms with van der Waals surface area (Å²) in [6, 6.07) is 16.4. The highest BCUT2D eigenvalue weighted by Gasteiger charge is 2.26. The molecule has 30 heavy (non-hydrogen) atoms. The van der Waals surface area contributed by atoms with Crippen LogP contribution in [0.4, 0.5) is 0 Å². The lowest BCUT2D eigenvalue weighted by Gasteiger charge is -2.24. The van der Waals surface area contributed by atoms with Gasteiger partial charge in [0.2, 0.25) is 0 Å². The van der Waals surface area contributed by atoms with Crippen molar-refractivity contribution in [3.05, 3.63) is 70.8 Å². The molecule has 0 aliphatic rings. The Balaban J connectivity index is 2.39. The van der Waals surface area contributed by atoms with Gasteiger partial charge in [0.05, 0.1) is 26.7 Å². The van der Waals surface area contributed by atoms with E-state index in [0.29, 0.717) is 5.92 Å². The molecule has 3 rings (SSSR count). The van der Waals surface area contributed by atoms with E-state index in [-0.39, 0.29) is 11.8 Å². The van der Waals surface area contributed by atoms with Crippen LogP contribution in [0, 0.1) is 0 Å². The molecule has 0 fully saturated rings. The molecular formula is C27H34O2S. The van der Waals surface area contributed by atoms with Crippen LogP contribution >= 0.6 is 0 Å². The van der Waals surface area contributed by atoms with Crippen molar-refractivity contribution >= 4 is 21.6 Å². The van der Waals surface area contributed by atoms with E-state index in [9.17, 15) is 9.32 Å². The van der Waals surface area contributed by atoms with Gasteiger partial charge in [0, 0.05) is 0 Å². The summed E-state index contributed by atoms with van der Waals surface area (Å²) in [5.41, 5.74) is 4.32. The number of aliphatic hydroxyl groups is 1. The smallest absolute Gasteiger partial charge is 0.0865 e. The van der Waals surface area contributed by atoms with E-state index < -0.39 is 16.9 Å². The highest BCUT2D eigenvalue weighted by Crippen LogP contribution is 2.39. The lowest BCUT2D eigenvalue weighted by molar-refractivity contribution is 0.196. The fraction of sp³-hybridized carbons (Fsp3) is 0.407. The second-order valence-electron chi connectivity index (χ2n) is 9.14. The highest BCUT2D eigenvalue weighted by molar-refractivity contribution is 7.85. The fourth-order valence-electron chi connectivity index (χ4n) is 4.00. The molecule has 0 aromatic heterocycles. The fourth-order valence-corrected chi connectivity index (χ4v) is 6.06. The van der Waals surface area contributed by atoms with Crippen LogP contribution in [0.5, 0.6) is 0 Å².